The predicted molar refractivity (Wildman–Crippen MR) is 134 cm³/mol. The van der Waals surface area contributed by atoms with Crippen molar-refractivity contribution in [1.82, 2.24) is 19.8 Å². The number of para-hydroxylation sites is 1. The molecule has 5 rings (SSSR count). The zero-order valence-electron chi connectivity index (χ0n) is 19.1. The summed E-state index contributed by atoms with van der Waals surface area (Å²) >= 11 is 1.53. The van der Waals surface area contributed by atoms with Crippen LogP contribution in [0.4, 0.5) is 5.69 Å². The van der Waals surface area contributed by atoms with Gasteiger partial charge in [-0.05, 0) is 36.4 Å². The largest absolute Gasteiger partial charge is 0.459 e. The summed E-state index contributed by atoms with van der Waals surface area (Å²) < 4.78 is 5.86. The number of ether oxygens (including phenoxy) is 1. The van der Waals surface area contributed by atoms with E-state index in [0.29, 0.717) is 17.9 Å². The molecule has 0 unspecified atom stereocenters. The fourth-order valence-corrected chi connectivity index (χ4v) is 4.97. The van der Waals surface area contributed by atoms with Crippen molar-refractivity contribution in [3.05, 3.63) is 82.6 Å². The van der Waals surface area contributed by atoms with Gasteiger partial charge in [0, 0.05) is 43.8 Å². The van der Waals surface area contributed by atoms with Crippen LogP contribution in [0.25, 0.3) is 5.57 Å². The number of nitriles is 1. The van der Waals surface area contributed by atoms with Gasteiger partial charge >= 0.3 is 6.01 Å². The highest BCUT2D eigenvalue weighted by Crippen LogP contribution is 2.43. The highest BCUT2D eigenvalue weighted by molar-refractivity contribution is 8.04. The number of aromatic nitrogens is 2. The van der Waals surface area contributed by atoms with E-state index in [1.54, 1.807) is 12.3 Å². The van der Waals surface area contributed by atoms with E-state index in [1.165, 1.54) is 17.3 Å². The second-order valence-electron chi connectivity index (χ2n) is 8.45. The average molecular weight is 471 g/mol. The Balaban J connectivity index is 1.22. The molecule has 0 spiro atoms. The van der Waals surface area contributed by atoms with Gasteiger partial charge in [-0.3, -0.25) is 4.90 Å². The Bertz CT molecular complexity index is 1200. The summed E-state index contributed by atoms with van der Waals surface area (Å²) in [4.78, 5) is 14.7. The lowest BCUT2D eigenvalue weighted by Gasteiger charge is -2.32. The van der Waals surface area contributed by atoms with E-state index in [4.69, 9.17) is 4.74 Å². The molecule has 3 heterocycles. The Morgan fingerprint density at radius 1 is 1.06 bits per heavy atom. The second-order valence-corrected chi connectivity index (χ2v) is 9.50. The van der Waals surface area contributed by atoms with E-state index in [0.717, 1.165) is 53.9 Å². The molecule has 172 valence electrons. The first-order valence-electron chi connectivity index (χ1n) is 11.3. The van der Waals surface area contributed by atoms with E-state index in [2.05, 4.69) is 62.5 Å². The Labute approximate surface area is 204 Å². The third kappa shape index (κ3) is 5.23. The SMILES string of the molecule is CN1CCN(Cc2ccc(COc3nccc(/C(C#N)=C4\Nc5ccccc5S4)n3)cc2)CC1. The molecule has 1 N–H and O–H groups in total. The van der Waals surface area contributed by atoms with Crippen LogP contribution in [0.1, 0.15) is 16.8 Å². The molecule has 1 fully saturated rings. The molecule has 1 aromatic heterocycles. The zero-order chi connectivity index (χ0) is 23.3. The summed E-state index contributed by atoms with van der Waals surface area (Å²) in [6.07, 6.45) is 1.63. The Morgan fingerprint density at radius 2 is 1.82 bits per heavy atom. The number of fused-ring (bicyclic) bond motifs is 1. The molecule has 8 heteroatoms. The van der Waals surface area contributed by atoms with Crippen LogP contribution in [0.15, 0.2) is 70.7 Å². The topological polar surface area (TPSA) is 77.3 Å². The van der Waals surface area contributed by atoms with Gasteiger partial charge in [0.2, 0.25) is 0 Å². The molecule has 2 aromatic carbocycles. The number of rotatable bonds is 6. The summed E-state index contributed by atoms with van der Waals surface area (Å²) in [5.41, 5.74) is 4.37. The number of allylic oxidation sites excluding steroid dienone is 1. The van der Waals surface area contributed by atoms with E-state index in [9.17, 15) is 5.26 Å². The Morgan fingerprint density at radius 3 is 2.59 bits per heavy atom. The average Bonchev–Trinajstić information content (AvgIpc) is 3.29. The van der Waals surface area contributed by atoms with Crippen LogP contribution < -0.4 is 10.1 Å². The lowest BCUT2D eigenvalue weighted by molar-refractivity contribution is 0.148. The van der Waals surface area contributed by atoms with Crippen molar-refractivity contribution in [2.24, 2.45) is 0 Å². The van der Waals surface area contributed by atoms with Crippen molar-refractivity contribution >= 4 is 23.0 Å². The first-order chi connectivity index (χ1) is 16.7. The summed E-state index contributed by atoms with van der Waals surface area (Å²) in [7, 11) is 2.17. The highest BCUT2D eigenvalue weighted by Gasteiger charge is 2.21. The zero-order valence-corrected chi connectivity index (χ0v) is 19.9. The molecule has 3 aromatic rings. The monoisotopic (exact) mass is 470 g/mol. The first kappa shape index (κ1) is 22.4. The lowest BCUT2D eigenvalue weighted by Crippen LogP contribution is -2.43. The van der Waals surface area contributed by atoms with Crippen LogP contribution in [0, 0.1) is 11.3 Å². The van der Waals surface area contributed by atoms with Gasteiger partial charge in [-0.15, -0.1) is 0 Å². The quantitative estimate of drug-likeness (QED) is 0.537. The van der Waals surface area contributed by atoms with E-state index in [1.807, 2.05) is 24.3 Å². The first-order valence-corrected chi connectivity index (χ1v) is 12.1. The van der Waals surface area contributed by atoms with Gasteiger partial charge in [-0.2, -0.15) is 10.2 Å². The number of hydrogen-bond donors (Lipinski definition) is 1. The molecule has 0 radical (unpaired) electrons. The molecular formula is C26H26N6OS. The lowest BCUT2D eigenvalue weighted by atomic mass is 10.1. The molecule has 34 heavy (non-hydrogen) atoms. The van der Waals surface area contributed by atoms with Gasteiger partial charge in [0.15, 0.2) is 0 Å². The molecule has 7 nitrogen and oxygen atoms in total. The standard InChI is InChI=1S/C26H26N6OS/c1-31-12-14-32(15-13-31)17-19-6-8-20(9-7-19)18-33-26-28-11-10-22(30-26)21(16-27)25-29-23-4-2-3-5-24(23)34-25/h2-11,29H,12-15,17-18H2,1H3/b25-21+. The minimum atomic E-state index is 0.257. The van der Waals surface area contributed by atoms with Gasteiger partial charge in [0.1, 0.15) is 18.2 Å². The van der Waals surface area contributed by atoms with E-state index < -0.39 is 0 Å². The summed E-state index contributed by atoms with van der Waals surface area (Å²) in [6.45, 7) is 5.80. The molecule has 0 bridgehead atoms. The number of nitrogens with zero attached hydrogens (tertiary/aromatic N) is 5. The van der Waals surface area contributed by atoms with Crippen molar-refractivity contribution in [3.8, 4) is 12.1 Å². The number of anilines is 1. The summed E-state index contributed by atoms with van der Waals surface area (Å²) in [6, 6.07) is 20.8. The van der Waals surface area contributed by atoms with Crippen LogP contribution >= 0.6 is 11.8 Å². The van der Waals surface area contributed by atoms with Crippen LogP contribution in [-0.2, 0) is 13.2 Å². The van der Waals surface area contributed by atoms with Gasteiger partial charge in [0.25, 0.3) is 0 Å². The normalized spacial score (nSPS) is 17.5. The number of piperazine rings is 1. The number of nitrogens with one attached hydrogen (secondary N) is 1. The van der Waals surface area contributed by atoms with Gasteiger partial charge < -0.3 is 15.0 Å². The second kappa shape index (κ2) is 10.3. The van der Waals surface area contributed by atoms with E-state index >= 15 is 0 Å². The molecule has 2 aliphatic rings. The van der Waals surface area contributed by atoms with Crippen molar-refractivity contribution in [2.45, 2.75) is 18.0 Å². The van der Waals surface area contributed by atoms with Crippen molar-refractivity contribution in [2.75, 3.05) is 38.5 Å². The van der Waals surface area contributed by atoms with Crippen LogP contribution in [-0.4, -0.2) is 53.0 Å². The number of benzene rings is 2. The van der Waals surface area contributed by atoms with Gasteiger partial charge in [-0.25, -0.2) is 4.98 Å². The minimum Gasteiger partial charge on any atom is -0.459 e. The van der Waals surface area contributed by atoms with Gasteiger partial charge in [0.05, 0.1) is 16.4 Å². The molecule has 1 saturated heterocycles. The van der Waals surface area contributed by atoms with Gasteiger partial charge in [-0.1, -0.05) is 48.2 Å². The van der Waals surface area contributed by atoms with Crippen LogP contribution in [0.3, 0.4) is 0 Å². The number of thioether (sulfide) groups is 1. The maximum atomic E-state index is 9.81. The third-order valence-corrected chi connectivity index (χ3v) is 7.05. The fraction of sp³-hybridized carbons (Fsp3) is 0.269. The molecular weight excluding hydrogens is 444 g/mol. The molecule has 0 atom stereocenters. The van der Waals surface area contributed by atoms with Crippen molar-refractivity contribution < 1.29 is 4.74 Å². The maximum Gasteiger partial charge on any atom is 0.317 e. The predicted octanol–water partition coefficient (Wildman–Crippen LogP) is 4.21. The molecule has 0 saturated carbocycles. The van der Waals surface area contributed by atoms with Crippen molar-refractivity contribution in [3.63, 3.8) is 0 Å². The Kier molecular flexibility index (Phi) is 6.77. The summed E-state index contributed by atoms with van der Waals surface area (Å²) in [5.74, 6) is 0. The molecule has 0 amide bonds. The number of hydrogen-bond acceptors (Lipinski definition) is 8. The number of likely N-dealkylation sites (N-methyl/N-ethyl adjacent to an activating group) is 1. The van der Waals surface area contributed by atoms with Crippen molar-refractivity contribution in [1.29, 1.82) is 5.26 Å². The molecule has 0 aliphatic carbocycles. The fourth-order valence-electron chi connectivity index (χ4n) is 3.96. The highest BCUT2D eigenvalue weighted by atomic mass is 32.2. The minimum absolute atomic E-state index is 0.257. The maximum absolute atomic E-state index is 9.81. The smallest absolute Gasteiger partial charge is 0.317 e. The Hall–Kier alpha value is -3.38. The molecule has 2 aliphatic heterocycles. The summed E-state index contributed by atoms with van der Waals surface area (Å²) in [5, 5.41) is 13.9. The van der Waals surface area contributed by atoms with Crippen LogP contribution in [0.2, 0.25) is 0 Å². The van der Waals surface area contributed by atoms with E-state index in [-0.39, 0.29) is 6.01 Å². The third-order valence-electron chi connectivity index (χ3n) is 5.97. The van der Waals surface area contributed by atoms with Crippen LogP contribution in [0.5, 0.6) is 6.01 Å².